The first kappa shape index (κ1) is 29.3. The lowest BCUT2D eigenvalue weighted by atomic mass is 9.95. The second-order valence-electron chi connectivity index (χ2n) is 8.93. The van der Waals surface area contributed by atoms with E-state index in [1.54, 1.807) is 26.0 Å². The first-order valence-corrected chi connectivity index (χ1v) is 12.4. The lowest BCUT2D eigenvalue weighted by Crippen LogP contribution is -2.06. The van der Waals surface area contributed by atoms with E-state index in [4.69, 9.17) is 14.2 Å². The van der Waals surface area contributed by atoms with Crippen molar-refractivity contribution in [3.05, 3.63) is 90.6 Å². The molecule has 6 nitrogen and oxygen atoms in total. The molecule has 0 aliphatic rings. The van der Waals surface area contributed by atoms with Crippen molar-refractivity contribution in [1.82, 2.24) is 0 Å². The zero-order valence-electron chi connectivity index (χ0n) is 21.8. The summed E-state index contributed by atoms with van der Waals surface area (Å²) < 4.78 is 15.6. The average molecular weight is 505 g/mol. The number of esters is 3. The zero-order valence-corrected chi connectivity index (χ0v) is 21.8. The summed E-state index contributed by atoms with van der Waals surface area (Å²) in [5.74, 6) is -0.764. The van der Waals surface area contributed by atoms with Gasteiger partial charge in [-0.2, -0.15) is 0 Å². The molecule has 0 radical (unpaired) electrons. The van der Waals surface area contributed by atoms with Gasteiger partial charge in [0, 0.05) is 17.2 Å². The molecule has 0 N–H and O–H groups in total. The quantitative estimate of drug-likeness (QED) is 0.122. The molecule has 0 fully saturated rings. The maximum atomic E-state index is 11.6. The highest BCUT2D eigenvalue weighted by Gasteiger charge is 2.08. The van der Waals surface area contributed by atoms with Gasteiger partial charge in [-0.05, 0) is 86.8 Å². The fraction of sp³-hybridized carbons (Fsp3) is 0.323. The summed E-state index contributed by atoms with van der Waals surface area (Å²) in [6.07, 6.45) is 6.08. The molecule has 6 heteroatoms. The summed E-state index contributed by atoms with van der Waals surface area (Å²) >= 11 is 0. The Morgan fingerprint density at radius 2 is 1.22 bits per heavy atom. The first-order chi connectivity index (χ1) is 17.7. The molecule has 0 aliphatic heterocycles. The van der Waals surface area contributed by atoms with Crippen LogP contribution in [-0.2, 0) is 36.7 Å². The molecular formula is C31H36O6. The van der Waals surface area contributed by atoms with Gasteiger partial charge < -0.3 is 14.2 Å². The van der Waals surface area contributed by atoms with Crippen LogP contribution in [0.4, 0.5) is 0 Å². The topological polar surface area (TPSA) is 78.9 Å². The summed E-state index contributed by atoms with van der Waals surface area (Å²) in [4.78, 5) is 34.6. The van der Waals surface area contributed by atoms with Crippen LogP contribution in [-0.4, -0.2) is 31.1 Å². The highest BCUT2D eigenvalue weighted by Crippen LogP contribution is 2.26. The number of carbonyl (C=O) groups excluding carboxylic acids is 3. The minimum absolute atomic E-state index is 0.361. The molecule has 0 bridgehead atoms. The molecule has 0 aromatic heterocycles. The number of carbonyl (C=O) groups is 3. The molecule has 0 spiro atoms. The van der Waals surface area contributed by atoms with Crippen molar-refractivity contribution in [2.75, 3.05) is 13.2 Å². The normalized spacial score (nSPS) is 10.3. The Morgan fingerprint density at radius 3 is 1.65 bits per heavy atom. The highest BCUT2D eigenvalue weighted by atomic mass is 16.5. The van der Waals surface area contributed by atoms with E-state index in [2.05, 4.69) is 37.9 Å². The van der Waals surface area contributed by atoms with Gasteiger partial charge in [-0.15, -0.1) is 0 Å². The third-order valence-electron chi connectivity index (χ3n) is 5.51. The van der Waals surface area contributed by atoms with Crippen molar-refractivity contribution >= 4 is 17.9 Å². The third-order valence-corrected chi connectivity index (χ3v) is 5.51. The van der Waals surface area contributed by atoms with E-state index < -0.39 is 5.97 Å². The van der Waals surface area contributed by atoms with E-state index in [9.17, 15) is 14.4 Å². The fourth-order valence-corrected chi connectivity index (χ4v) is 3.53. The number of hydrogen-bond acceptors (Lipinski definition) is 6. The van der Waals surface area contributed by atoms with Gasteiger partial charge in [-0.1, -0.05) is 50.1 Å². The number of unbranched alkanes of at least 4 members (excludes halogenated alkanes) is 2. The molecule has 2 aromatic rings. The van der Waals surface area contributed by atoms with Crippen molar-refractivity contribution < 1.29 is 28.6 Å². The van der Waals surface area contributed by atoms with Crippen LogP contribution in [0.3, 0.4) is 0 Å². The molecule has 2 rings (SSSR count). The van der Waals surface area contributed by atoms with Crippen molar-refractivity contribution in [2.24, 2.45) is 0 Å². The van der Waals surface area contributed by atoms with Crippen LogP contribution in [0.5, 0.6) is 5.75 Å². The number of aryl methyl sites for hydroxylation is 2. The summed E-state index contributed by atoms with van der Waals surface area (Å²) in [5, 5.41) is 0. The summed E-state index contributed by atoms with van der Waals surface area (Å²) in [7, 11) is 0. The zero-order chi connectivity index (χ0) is 27.2. The highest BCUT2D eigenvalue weighted by molar-refractivity contribution is 5.87. The van der Waals surface area contributed by atoms with Gasteiger partial charge in [0.1, 0.15) is 5.75 Å². The van der Waals surface area contributed by atoms with Gasteiger partial charge in [-0.25, -0.2) is 14.4 Å². The monoisotopic (exact) mass is 504 g/mol. The van der Waals surface area contributed by atoms with Gasteiger partial charge >= 0.3 is 17.9 Å². The Hall–Kier alpha value is -3.93. The predicted molar refractivity (Wildman–Crippen MR) is 145 cm³/mol. The Morgan fingerprint density at radius 1 is 0.730 bits per heavy atom. The molecule has 0 amide bonds. The Balaban J connectivity index is 2.07. The lowest BCUT2D eigenvalue weighted by Gasteiger charge is -2.12. The molecule has 2 aromatic carbocycles. The minimum atomic E-state index is -0.500. The van der Waals surface area contributed by atoms with Gasteiger partial charge in [0.25, 0.3) is 0 Å². The molecule has 0 saturated heterocycles. The van der Waals surface area contributed by atoms with Crippen LogP contribution in [0.2, 0.25) is 0 Å². The minimum Gasteiger partial charge on any atom is -0.462 e. The van der Waals surface area contributed by atoms with E-state index >= 15 is 0 Å². The standard InChI is InChI=1S/C31H36O6/c1-6-29(32)37-28-15-13-26(14-16-28)27-20-24(11-7-9-17-35-30(33)22(2)3)19-25(21-27)12-8-10-18-36-31(34)23(4)5/h6,13-16,19-21H,1-2,4,7-12,17-18H2,3,5H3. The molecule has 0 heterocycles. The first-order valence-electron chi connectivity index (χ1n) is 12.4. The Labute approximate surface area is 219 Å². The van der Waals surface area contributed by atoms with Crippen molar-refractivity contribution in [3.63, 3.8) is 0 Å². The summed E-state index contributed by atoms with van der Waals surface area (Å²) in [6, 6.07) is 13.9. The van der Waals surface area contributed by atoms with E-state index in [-0.39, 0.29) is 11.9 Å². The van der Waals surface area contributed by atoms with Crippen LogP contribution in [0, 0.1) is 0 Å². The van der Waals surface area contributed by atoms with E-state index in [0.717, 1.165) is 55.7 Å². The largest absolute Gasteiger partial charge is 0.462 e. The third kappa shape index (κ3) is 10.7. The van der Waals surface area contributed by atoms with Crippen LogP contribution in [0.25, 0.3) is 11.1 Å². The van der Waals surface area contributed by atoms with Gasteiger partial charge in [0.2, 0.25) is 0 Å². The number of hydrogen-bond donors (Lipinski definition) is 0. The SMILES string of the molecule is C=CC(=O)Oc1ccc(-c2cc(CCCCOC(=O)C(=C)C)cc(CCCCOC(=O)C(=C)C)c2)cc1. The summed E-state index contributed by atoms with van der Waals surface area (Å²) in [5.41, 5.74) is 5.25. The predicted octanol–water partition coefficient (Wildman–Crippen LogP) is 6.33. The smallest absolute Gasteiger partial charge is 0.335 e. The van der Waals surface area contributed by atoms with Crippen LogP contribution >= 0.6 is 0 Å². The number of benzene rings is 2. The number of ether oxygens (including phenoxy) is 3. The average Bonchev–Trinajstić information content (AvgIpc) is 2.88. The number of rotatable bonds is 15. The molecule has 0 aliphatic carbocycles. The van der Waals surface area contributed by atoms with Crippen LogP contribution in [0.1, 0.15) is 50.7 Å². The van der Waals surface area contributed by atoms with Gasteiger partial charge in [-0.3, -0.25) is 0 Å². The molecule has 0 saturated carbocycles. The van der Waals surface area contributed by atoms with Gasteiger partial charge in [0.15, 0.2) is 0 Å². The molecule has 37 heavy (non-hydrogen) atoms. The van der Waals surface area contributed by atoms with Crippen LogP contribution < -0.4 is 4.74 Å². The second kappa shape index (κ2) is 15.2. The summed E-state index contributed by atoms with van der Waals surface area (Å²) in [6.45, 7) is 14.6. The molecule has 0 unspecified atom stereocenters. The van der Waals surface area contributed by atoms with Crippen molar-refractivity contribution in [2.45, 2.75) is 52.4 Å². The van der Waals surface area contributed by atoms with E-state index in [0.29, 0.717) is 30.1 Å². The van der Waals surface area contributed by atoms with E-state index in [1.165, 1.54) is 11.1 Å². The fourth-order valence-electron chi connectivity index (χ4n) is 3.53. The second-order valence-corrected chi connectivity index (χ2v) is 8.93. The van der Waals surface area contributed by atoms with Crippen molar-refractivity contribution in [3.8, 4) is 16.9 Å². The van der Waals surface area contributed by atoms with E-state index in [1.807, 2.05) is 12.1 Å². The Bertz CT molecular complexity index is 1070. The maximum Gasteiger partial charge on any atom is 0.335 e. The van der Waals surface area contributed by atoms with Crippen molar-refractivity contribution in [1.29, 1.82) is 0 Å². The molecule has 196 valence electrons. The molecular weight excluding hydrogens is 468 g/mol. The van der Waals surface area contributed by atoms with Gasteiger partial charge in [0.05, 0.1) is 13.2 Å². The lowest BCUT2D eigenvalue weighted by molar-refractivity contribution is -0.139. The van der Waals surface area contributed by atoms with Crippen LogP contribution in [0.15, 0.2) is 79.4 Å². The Kier molecular flexibility index (Phi) is 12.1. The maximum absolute atomic E-state index is 11.6. The molecule has 0 atom stereocenters.